The summed E-state index contributed by atoms with van der Waals surface area (Å²) in [5.41, 5.74) is 12.7. The Hall–Kier alpha value is -6.40. The fraction of sp³-hybridized carbons (Fsp3) is 0.488. The Morgan fingerprint density at radius 2 is 1.24 bits per heavy atom. The Morgan fingerprint density at radius 3 is 1.81 bits per heavy atom. The summed E-state index contributed by atoms with van der Waals surface area (Å²) in [5, 5.41) is 43.3. The summed E-state index contributed by atoms with van der Waals surface area (Å²) >= 11 is 8.37. The predicted molar refractivity (Wildman–Crippen MR) is 247 cm³/mol. The minimum Gasteiger partial charge on any atom is -0.508 e. The van der Waals surface area contributed by atoms with Gasteiger partial charge in [-0.2, -0.15) is 25.3 Å². The molecule has 67 heavy (non-hydrogen) atoms. The molecule has 0 bridgehead atoms. The van der Waals surface area contributed by atoms with E-state index in [0.717, 1.165) is 5.56 Å². The number of phenolic OH excluding ortho intramolecular Hbond substituents is 1. The van der Waals surface area contributed by atoms with Crippen molar-refractivity contribution in [3.8, 4) is 5.75 Å². The van der Waals surface area contributed by atoms with E-state index in [1.165, 1.54) is 29.2 Å². The zero-order valence-corrected chi connectivity index (χ0v) is 38.7. The lowest BCUT2D eigenvalue weighted by Gasteiger charge is -2.31. The SMILES string of the molecule is CC(C)[C@H](NC(=O)[C@H](CC(N)=O)NC(=O)[C@H](CCC(=O)O)NC(=O)[C@H](CS)NC(=O)[C@@H](N)Cc1ccccc1)C(=O)N[C@@H](CS)C(=O)N1CCC[C@H]1C(=O)N[C@@H](Cc1ccc(O)cc1)C(=O)O. The van der Waals surface area contributed by atoms with Crippen LogP contribution in [0.5, 0.6) is 5.75 Å². The van der Waals surface area contributed by atoms with Crippen LogP contribution in [0.15, 0.2) is 54.6 Å². The fourth-order valence-electron chi connectivity index (χ4n) is 7.00. The third-order valence-electron chi connectivity index (χ3n) is 10.6. The maximum absolute atomic E-state index is 13.8. The number of rotatable bonds is 26. The van der Waals surface area contributed by atoms with Gasteiger partial charge in [0.2, 0.25) is 47.3 Å². The van der Waals surface area contributed by atoms with Gasteiger partial charge in [0, 0.05) is 30.9 Å². The van der Waals surface area contributed by atoms with Crippen LogP contribution in [0.4, 0.5) is 0 Å². The first-order valence-corrected chi connectivity index (χ1v) is 22.6. The highest BCUT2D eigenvalue weighted by atomic mass is 32.1. The van der Waals surface area contributed by atoms with Crippen LogP contribution in [0.25, 0.3) is 0 Å². The third-order valence-corrected chi connectivity index (χ3v) is 11.4. The molecule has 3 rings (SSSR count). The van der Waals surface area contributed by atoms with Crippen molar-refractivity contribution in [1.29, 1.82) is 0 Å². The molecule has 22 nitrogen and oxygen atoms in total. The number of carbonyl (C=O) groups is 10. The number of carbonyl (C=O) groups excluding carboxylic acids is 8. The van der Waals surface area contributed by atoms with Gasteiger partial charge in [0.15, 0.2) is 0 Å². The summed E-state index contributed by atoms with van der Waals surface area (Å²) in [6.07, 6.45) is -1.38. The highest BCUT2D eigenvalue weighted by molar-refractivity contribution is 7.80. The zero-order valence-electron chi connectivity index (χ0n) is 36.9. The average Bonchev–Trinajstić information content (AvgIpc) is 3.78. The normalized spacial score (nSPS) is 16.4. The van der Waals surface area contributed by atoms with E-state index >= 15 is 0 Å². The van der Waals surface area contributed by atoms with Gasteiger partial charge in [-0.1, -0.05) is 56.3 Å². The highest BCUT2D eigenvalue weighted by Gasteiger charge is 2.40. The van der Waals surface area contributed by atoms with Crippen molar-refractivity contribution in [3.05, 3.63) is 65.7 Å². The van der Waals surface area contributed by atoms with Gasteiger partial charge in [0.25, 0.3) is 0 Å². The molecule has 1 fully saturated rings. The van der Waals surface area contributed by atoms with E-state index in [-0.39, 0.29) is 43.1 Å². The van der Waals surface area contributed by atoms with Gasteiger partial charge in [-0.05, 0) is 54.9 Å². The van der Waals surface area contributed by atoms with Crippen molar-refractivity contribution in [1.82, 2.24) is 36.8 Å². The molecular weight excluding hydrogens is 915 g/mol. The molecule has 1 saturated heterocycles. The number of likely N-dealkylation sites (tertiary alicyclic amines) is 1. The van der Waals surface area contributed by atoms with Gasteiger partial charge in [-0.3, -0.25) is 43.2 Å². The topological polar surface area (TPSA) is 359 Å². The molecule has 1 heterocycles. The Labute approximate surface area is 397 Å². The van der Waals surface area contributed by atoms with Crippen molar-refractivity contribution >= 4 is 84.5 Å². The van der Waals surface area contributed by atoms with Crippen molar-refractivity contribution in [2.24, 2.45) is 17.4 Å². The number of thiol groups is 2. The summed E-state index contributed by atoms with van der Waals surface area (Å²) in [6.45, 7) is 3.18. The molecule has 24 heteroatoms. The number of hydrogen-bond donors (Lipinski definition) is 13. The number of aromatic hydroxyl groups is 1. The first kappa shape index (κ1) is 54.9. The maximum atomic E-state index is 13.8. The van der Waals surface area contributed by atoms with E-state index in [1.807, 2.05) is 0 Å². The molecule has 0 aromatic heterocycles. The van der Waals surface area contributed by atoms with E-state index in [0.29, 0.717) is 12.0 Å². The molecule has 1 aliphatic heterocycles. The Kier molecular flexibility index (Phi) is 21.9. The van der Waals surface area contributed by atoms with Gasteiger partial charge in [-0.25, -0.2) is 4.79 Å². The summed E-state index contributed by atoms with van der Waals surface area (Å²) < 4.78 is 0. The molecule has 366 valence electrons. The molecular formula is C43H59N9O13S2. The summed E-state index contributed by atoms with van der Waals surface area (Å²) in [4.78, 5) is 132. The van der Waals surface area contributed by atoms with Crippen LogP contribution in [-0.4, -0.2) is 146 Å². The number of phenols is 1. The van der Waals surface area contributed by atoms with Crippen LogP contribution in [0.1, 0.15) is 57.1 Å². The van der Waals surface area contributed by atoms with Gasteiger partial charge >= 0.3 is 11.9 Å². The monoisotopic (exact) mass is 973 g/mol. The Morgan fingerprint density at radius 1 is 0.687 bits per heavy atom. The number of nitrogens with two attached hydrogens (primary N) is 2. The second-order valence-electron chi connectivity index (χ2n) is 16.2. The molecule has 2 aromatic rings. The second-order valence-corrected chi connectivity index (χ2v) is 16.9. The molecule has 8 amide bonds. The number of nitrogens with one attached hydrogen (secondary N) is 6. The quantitative estimate of drug-likeness (QED) is 0.0443. The number of carboxylic acids is 2. The predicted octanol–water partition coefficient (Wildman–Crippen LogP) is -2.26. The van der Waals surface area contributed by atoms with Crippen LogP contribution >= 0.6 is 25.3 Å². The van der Waals surface area contributed by atoms with Gasteiger partial charge in [-0.15, -0.1) is 0 Å². The number of aliphatic carboxylic acids is 2. The van der Waals surface area contributed by atoms with Crippen molar-refractivity contribution in [3.63, 3.8) is 0 Å². The van der Waals surface area contributed by atoms with Gasteiger partial charge < -0.3 is 63.6 Å². The molecule has 0 saturated carbocycles. The van der Waals surface area contributed by atoms with Gasteiger partial charge in [0.1, 0.15) is 48.0 Å². The maximum Gasteiger partial charge on any atom is 0.326 e. The van der Waals surface area contributed by atoms with E-state index in [1.54, 1.807) is 44.2 Å². The summed E-state index contributed by atoms with van der Waals surface area (Å²) in [6, 6.07) is 3.51. The minimum absolute atomic E-state index is 0.0292. The molecule has 0 radical (unpaired) electrons. The van der Waals surface area contributed by atoms with E-state index < -0.39 is 133 Å². The first-order valence-electron chi connectivity index (χ1n) is 21.3. The Bertz CT molecular complexity index is 2100. The van der Waals surface area contributed by atoms with Crippen molar-refractivity contribution < 1.29 is 63.3 Å². The zero-order chi connectivity index (χ0) is 50.0. The highest BCUT2D eigenvalue weighted by Crippen LogP contribution is 2.20. The summed E-state index contributed by atoms with van der Waals surface area (Å²) in [5.74, 6) is -11.2. The second kappa shape index (κ2) is 26.7. The molecule has 2 aromatic carbocycles. The van der Waals surface area contributed by atoms with Crippen LogP contribution in [-0.2, 0) is 60.8 Å². The molecule has 0 aliphatic carbocycles. The third kappa shape index (κ3) is 17.4. The molecule has 1 aliphatic rings. The van der Waals surface area contributed by atoms with E-state index in [4.69, 9.17) is 11.5 Å². The number of primary amides is 1. The molecule has 8 atom stereocenters. The van der Waals surface area contributed by atoms with Gasteiger partial charge in [0.05, 0.1) is 12.5 Å². The van der Waals surface area contributed by atoms with Crippen LogP contribution in [0.2, 0.25) is 0 Å². The smallest absolute Gasteiger partial charge is 0.326 e. The molecule has 0 spiro atoms. The lowest BCUT2D eigenvalue weighted by molar-refractivity contribution is -0.144. The van der Waals surface area contributed by atoms with Crippen LogP contribution < -0.4 is 43.4 Å². The lowest BCUT2D eigenvalue weighted by Crippen LogP contribution is -2.61. The number of carboxylic acid groups (broad SMARTS) is 2. The number of amides is 8. The van der Waals surface area contributed by atoms with Crippen LogP contribution in [0.3, 0.4) is 0 Å². The average molecular weight is 974 g/mol. The Balaban J connectivity index is 1.71. The molecule has 0 unspecified atom stereocenters. The van der Waals surface area contributed by atoms with Crippen LogP contribution in [0, 0.1) is 5.92 Å². The van der Waals surface area contributed by atoms with Crippen molar-refractivity contribution in [2.45, 2.75) is 107 Å². The minimum atomic E-state index is -1.77. The largest absolute Gasteiger partial charge is 0.508 e. The number of benzene rings is 2. The lowest BCUT2D eigenvalue weighted by atomic mass is 10.0. The molecule has 13 N–H and O–H groups in total. The fourth-order valence-corrected chi connectivity index (χ4v) is 7.50. The van der Waals surface area contributed by atoms with E-state index in [2.05, 4.69) is 57.2 Å². The van der Waals surface area contributed by atoms with Crippen molar-refractivity contribution in [2.75, 3.05) is 18.1 Å². The standard InChI is InChI=1S/C43H59N9O13S2/c1-22(2)35(41(62)50-31(21-67)42(63)52-16-6-9-32(52)40(61)48-29(43(64)65)18-24-10-12-25(53)13-11-24)51-38(59)28(19-33(45)54)47-37(58)27(14-15-34(55)56)46-39(60)30(20-66)49-36(57)26(44)17-23-7-4-3-5-8-23/h3-5,7-8,10-13,22,26-32,35,53,66-67H,6,9,14-21,44H2,1-2H3,(H2,45,54)(H,46,60)(H,47,58)(H,48,61)(H,49,57)(H,50,62)(H,51,59)(H,55,56)(H,64,65)/t26-,27-,28-,29-,30-,31-,32-,35-/m0/s1. The van der Waals surface area contributed by atoms with E-state index in [9.17, 15) is 63.3 Å². The number of nitrogens with zero attached hydrogens (tertiary/aromatic N) is 1. The summed E-state index contributed by atoms with van der Waals surface area (Å²) in [7, 11) is 0. The first-order chi connectivity index (χ1) is 31.6. The number of hydrogen-bond acceptors (Lipinski definition) is 14.